The van der Waals surface area contributed by atoms with Gasteiger partial charge in [0, 0.05) is 5.25 Å². The third kappa shape index (κ3) is 3.93. The van der Waals surface area contributed by atoms with Crippen LogP contribution in [0.25, 0.3) is 0 Å². The zero-order chi connectivity index (χ0) is 10.9. The van der Waals surface area contributed by atoms with E-state index in [-0.39, 0.29) is 0 Å². The van der Waals surface area contributed by atoms with Gasteiger partial charge in [-0.3, -0.25) is 0 Å². The number of hydrogen-bond acceptors (Lipinski definition) is 1. The summed E-state index contributed by atoms with van der Waals surface area (Å²) in [5.74, 6) is 0.735. The summed E-state index contributed by atoms with van der Waals surface area (Å²) < 4.78 is 0. The lowest BCUT2D eigenvalue weighted by atomic mass is 9.68. The summed E-state index contributed by atoms with van der Waals surface area (Å²) in [5, 5.41) is 0.463. The van der Waals surface area contributed by atoms with Crippen LogP contribution in [0, 0.1) is 16.7 Å². The van der Waals surface area contributed by atoms with Crippen LogP contribution in [-0.2, 0) is 0 Å². The fraction of sp³-hybridized carbons (Fsp3) is 1.00. The number of rotatable bonds is 4. The number of thiol groups is 1. The largest absolute Gasteiger partial charge is 0.176 e. The van der Waals surface area contributed by atoms with Gasteiger partial charge < -0.3 is 0 Å². The highest BCUT2D eigenvalue weighted by Crippen LogP contribution is 2.41. The van der Waals surface area contributed by atoms with Gasteiger partial charge >= 0.3 is 0 Å². The van der Waals surface area contributed by atoms with Gasteiger partial charge in [0.25, 0.3) is 0 Å². The molecule has 1 atom stereocenters. The van der Waals surface area contributed by atoms with Gasteiger partial charge in [-0.1, -0.05) is 48.5 Å². The minimum atomic E-state index is 0.330. The van der Waals surface area contributed by atoms with E-state index in [1.54, 1.807) is 0 Å². The van der Waals surface area contributed by atoms with E-state index in [1.807, 2.05) is 0 Å². The van der Waals surface area contributed by atoms with Crippen molar-refractivity contribution in [3.05, 3.63) is 0 Å². The van der Waals surface area contributed by atoms with Crippen molar-refractivity contribution in [3.63, 3.8) is 0 Å². The molecule has 0 radical (unpaired) electrons. The SMILES string of the molecule is CC(C)C(C)(C)CC(C)(C)C(C)S. The van der Waals surface area contributed by atoms with E-state index in [1.165, 1.54) is 6.42 Å². The van der Waals surface area contributed by atoms with Crippen molar-refractivity contribution in [3.8, 4) is 0 Å². The molecule has 0 heterocycles. The summed E-state index contributed by atoms with van der Waals surface area (Å²) in [6.45, 7) is 16.1. The Morgan fingerprint density at radius 3 is 1.54 bits per heavy atom. The van der Waals surface area contributed by atoms with Gasteiger partial charge in [0.1, 0.15) is 0 Å². The summed E-state index contributed by atoms with van der Waals surface area (Å²) in [6.07, 6.45) is 1.24. The van der Waals surface area contributed by atoms with Crippen LogP contribution in [0.3, 0.4) is 0 Å². The molecule has 0 aromatic carbocycles. The summed E-state index contributed by atoms with van der Waals surface area (Å²) in [6, 6.07) is 0. The lowest BCUT2D eigenvalue weighted by Gasteiger charge is -2.39. The highest BCUT2D eigenvalue weighted by Gasteiger charge is 2.33. The normalized spacial score (nSPS) is 16.4. The van der Waals surface area contributed by atoms with E-state index in [0.29, 0.717) is 16.1 Å². The molecule has 0 aliphatic carbocycles. The quantitative estimate of drug-likeness (QED) is 0.642. The molecule has 0 aliphatic heterocycles. The van der Waals surface area contributed by atoms with Crippen molar-refractivity contribution in [2.24, 2.45) is 16.7 Å². The van der Waals surface area contributed by atoms with E-state index < -0.39 is 0 Å². The third-order valence-electron chi connectivity index (χ3n) is 3.61. The molecule has 0 rings (SSSR count). The van der Waals surface area contributed by atoms with Crippen LogP contribution < -0.4 is 0 Å². The number of hydrogen-bond donors (Lipinski definition) is 1. The average Bonchev–Trinajstić information content (AvgIpc) is 1.83. The lowest BCUT2D eigenvalue weighted by molar-refractivity contribution is 0.140. The first kappa shape index (κ1) is 13.4. The van der Waals surface area contributed by atoms with Gasteiger partial charge in [-0.25, -0.2) is 0 Å². The van der Waals surface area contributed by atoms with E-state index in [4.69, 9.17) is 0 Å². The molecule has 0 saturated carbocycles. The molecule has 0 aliphatic rings. The van der Waals surface area contributed by atoms with E-state index >= 15 is 0 Å². The van der Waals surface area contributed by atoms with Gasteiger partial charge in [-0.2, -0.15) is 12.6 Å². The molecule has 80 valence electrons. The third-order valence-corrected chi connectivity index (χ3v) is 4.30. The summed E-state index contributed by atoms with van der Waals surface area (Å²) in [4.78, 5) is 0. The van der Waals surface area contributed by atoms with Crippen LogP contribution in [0.15, 0.2) is 0 Å². The summed E-state index contributed by atoms with van der Waals surface area (Å²) >= 11 is 4.56. The molecule has 0 N–H and O–H groups in total. The first-order valence-corrected chi connectivity index (χ1v) is 5.79. The summed E-state index contributed by atoms with van der Waals surface area (Å²) in [7, 11) is 0. The van der Waals surface area contributed by atoms with Crippen LogP contribution in [0.2, 0.25) is 0 Å². The van der Waals surface area contributed by atoms with Crippen molar-refractivity contribution in [1.82, 2.24) is 0 Å². The van der Waals surface area contributed by atoms with Crippen LogP contribution in [0.5, 0.6) is 0 Å². The maximum Gasteiger partial charge on any atom is 0.00398 e. The molecule has 0 bridgehead atoms. The van der Waals surface area contributed by atoms with E-state index in [0.717, 1.165) is 5.92 Å². The van der Waals surface area contributed by atoms with E-state index in [2.05, 4.69) is 61.1 Å². The first-order valence-electron chi connectivity index (χ1n) is 5.27. The molecule has 0 spiro atoms. The van der Waals surface area contributed by atoms with Crippen molar-refractivity contribution < 1.29 is 0 Å². The second-order valence-electron chi connectivity index (χ2n) is 5.98. The van der Waals surface area contributed by atoms with Crippen LogP contribution in [0.1, 0.15) is 54.9 Å². The van der Waals surface area contributed by atoms with Crippen LogP contribution >= 0.6 is 12.6 Å². The summed E-state index contributed by atoms with van der Waals surface area (Å²) in [5.41, 5.74) is 0.747. The average molecular weight is 202 g/mol. The Morgan fingerprint density at radius 1 is 0.923 bits per heavy atom. The zero-order valence-electron chi connectivity index (χ0n) is 10.3. The van der Waals surface area contributed by atoms with Gasteiger partial charge in [0.15, 0.2) is 0 Å². The maximum absolute atomic E-state index is 4.56. The predicted octanol–water partition coefficient (Wildman–Crippen LogP) is 4.40. The van der Waals surface area contributed by atoms with E-state index in [9.17, 15) is 0 Å². The highest BCUT2D eigenvalue weighted by atomic mass is 32.1. The fourth-order valence-electron chi connectivity index (χ4n) is 1.53. The molecular weight excluding hydrogens is 176 g/mol. The second kappa shape index (κ2) is 4.25. The monoisotopic (exact) mass is 202 g/mol. The second-order valence-corrected chi connectivity index (χ2v) is 6.76. The molecule has 0 fully saturated rings. The molecular formula is C12H26S. The lowest BCUT2D eigenvalue weighted by Crippen LogP contribution is -2.32. The molecule has 0 aromatic rings. The topological polar surface area (TPSA) is 0 Å². The Labute approximate surface area is 89.9 Å². The van der Waals surface area contributed by atoms with Gasteiger partial charge in [-0.05, 0) is 23.2 Å². The van der Waals surface area contributed by atoms with Crippen LogP contribution in [-0.4, -0.2) is 5.25 Å². The van der Waals surface area contributed by atoms with Gasteiger partial charge in [0.2, 0.25) is 0 Å². The minimum Gasteiger partial charge on any atom is -0.176 e. The minimum absolute atomic E-state index is 0.330. The Balaban J connectivity index is 4.42. The smallest absolute Gasteiger partial charge is 0.00398 e. The molecule has 1 heteroatoms. The zero-order valence-corrected chi connectivity index (χ0v) is 11.2. The highest BCUT2D eigenvalue weighted by molar-refractivity contribution is 7.81. The standard InChI is InChI=1S/C12H26S/c1-9(2)11(4,5)8-12(6,7)10(3)13/h9-10,13H,8H2,1-7H3. The Hall–Kier alpha value is 0.350. The Kier molecular flexibility index (Phi) is 4.36. The molecule has 0 nitrogen and oxygen atoms in total. The predicted molar refractivity (Wildman–Crippen MR) is 65.5 cm³/mol. The van der Waals surface area contributed by atoms with Crippen molar-refractivity contribution in [2.75, 3.05) is 0 Å². The van der Waals surface area contributed by atoms with Crippen molar-refractivity contribution in [2.45, 2.75) is 60.1 Å². The van der Waals surface area contributed by atoms with Crippen LogP contribution in [0.4, 0.5) is 0 Å². The molecule has 0 saturated heterocycles. The first-order chi connectivity index (χ1) is 5.59. The molecule has 13 heavy (non-hydrogen) atoms. The van der Waals surface area contributed by atoms with Gasteiger partial charge in [0.05, 0.1) is 0 Å². The maximum atomic E-state index is 4.56. The van der Waals surface area contributed by atoms with Crippen molar-refractivity contribution >= 4 is 12.6 Å². The van der Waals surface area contributed by atoms with Crippen molar-refractivity contribution in [1.29, 1.82) is 0 Å². The fourth-order valence-corrected chi connectivity index (χ4v) is 1.62. The van der Waals surface area contributed by atoms with Gasteiger partial charge in [-0.15, -0.1) is 0 Å². The Morgan fingerprint density at radius 2 is 1.31 bits per heavy atom. The molecule has 1 unspecified atom stereocenters. The molecule has 0 aromatic heterocycles. The Bertz CT molecular complexity index is 137. The molecule has 0 amide bonds.